The van der Waals surface area contributed by atoms with E-state index >= 15 is 0 Å². The first kappa shape index (κ1) is 20.2. The number of nitrogens with one attached hydrogen (secondary N) is 1. The molecule has 0 aliphatic carbocycles. The first-order valence-corrected chi connectivity index (χ1v) is 11.1. The summed E-state index contributed by atoms with van der Waals surface area (Å²) in [5.74, 6) is -0.477. The average molecular weight is 439 g/mol. The van der Waals surface area contributed by atoms with E-state index in [-0.39, 0.29) is 17.1 Å². The summed E-state index contributed by atoms with van der Waals surface area (Å²) in [6.07, 6.45) is 0. The first-order valence-electron chi connectivity index (χ1n) is 9.30. The second-order valence-electron chi connectivity index (χ2n) is 6.87. The summed E-state index contributed by atoms with van der Waals surface area (Å²) in [7, 11) is -2.50. The lowest BCUT2D eigenvalue weighted by Crippen LogP contribution is -2.39. The number of benzene rings is 3. The van der Waals surface area contributed by atoms with E-state index in [1.807, 2.05) is 60.7 Å². The molecule has 0 radical (unpaired) electrons. The van der Waals surface area contributed by atoms with E-state index < -0.39 is 15.9 Å². The molecule has 0 bridgehead atoms. The molecule has 1 aliphatic heterocycles. The second-order valence-corrected chi connectivity index (χ2v) is 9.25. The molecule has 5 nitrogen and oxygen atoms in total. The smallest absolute Gasteiger partial charge is 0.269 e. The van der Waals surface area contributed by atoms with Crippen LogP contribution in [0.2, 0.25) is 5.02 Å². The van der Waals surface area contributed by atoms with Gasteiger partial charge in [0.15, 0.2) is 0 Å². The number of rotatable bonds is 4. The molecule has 0 aromatic heterocycles. The van der Waals surface area contributed by atoms with Crippen molar-refractivity contribution in [1.82, 2.24) is 9.62 Å². The van der Waals surface area contributed by atoms with Crippen LogP contribution in [0.3, 0.4) is 0 Å². The van der Waals surface area contributed by atoms with Gasteiger partial charge in [0, 0.05) is 29.8 Å². The monoisotopic (exact) mass is 438 g/mol. The second kappa shape index (κ2) is 7.97. The molecule has 0 fully saturated rings. The summed E-state index contributed by atoms with van der Waals surface area (Å²) < 4.78 is 27.3. The van der Waals surface area contributed by atoms with Crippen LogP contribution < -0.4 is 5.32 Å². The van der Waals surface area contributed by atoms with Crippen LogP contribution in [0.4, 0.5) is 0 Å². The van der Waals surface area contributed by atoms with Gasteiger partial charge in [-0.05, 0) is 29.3 Å². The van der Waals surface area contributed by atoms with Crippen molar-refractivity contribution in [3.05, 3.63) is 106 Å². The number of carbonyl (C=O) groups excluding carboxylic acids is 1. The van der Waals surface area contributed by atoms with E-state index in [4.69, 9.17) is 11.6 Å². The van der Waals surface area contributed by atoms with Gasteiger partial charge in [0.25, 0.3) is 15.9 Å². The highest BCUT2D eigenvalue weighted by atomic mass is 35.5. The van der Waals surface area contributed by atoms with Gasteiger partial charge in [0.1, 0.15) is 5.70 Å². The predicted molar refractivity (Wildman–Crippen MR) is 117 cm³/mol. The zero-order chi connectivity index (χ0) is 21.3. The Hall–Kier alpha value is -3.09. The Labute approximate surface area is 180 Å². The van der Waals surface area contributed by atoms with Crippen LogP contribution in [-0.4, -0.2) is 25.7 Å². The average Bonchev–Trinajstić information content (AvgIpc) is 2.75. The minimum Gasteiger partial charge on any atom is -0.347 e. The van der Waals surface area contributed by atoms with Crippen LogP contribution in [0, 0.1) is 0 Å². The number of likely N-dealkylation sites (N-methyl/N-ethyl adjacent to an activating group) is 1. The van der Waals surface area contributed by atoms with Crippen LogP contribution in [0.15, 0.2) is 89.5 Å². The fourth-order valence-corrected chi connectivity index (χ4v) is 5.05. The summed E-state index contributed by atoms with van der Waals surface area (Å²) in [5, 5.41) is 3.24. The van der Waals surface area contributed by atoms with Crippen LogP contribution in [-0.2, 0) is 21.4 Å². The van der Waals surface area contributed by atoms with Gasteiger partial charge in [-0.25, -0.2) is 8.42 Å². The van der Waals surface area contributed by atoms with Crippen LogP contribution in [0.1, 0.15) is 16.7 Å². The minimum atomic E-state index is -3.90. The van der Waals surface area contributed by atoms with Gasteiger partial charge in [0.2, 0.25) is 0 Å². The Morgan fingerprint density at radius 3 is 2.27 bits per heavy atom. The van der Waals surface area contributed by atoms with Crippen molar-refractivity contribution in [3.8, 4) is 0 Å². The lowest BCUT2D eigenvalue weighted by Gasteiger charge is -2.31. The maximum atomic E-state index is 13.2. The van der Waals surface area contributed by atoms with E-state index in [0.29, 0.717) is 16.2 Å². The third-order valence-electron chi connectivity index (χ3n) is 4.97. The van der Waals surface area contributed by atoms with E-state index in [2.05, 4.69) is 5.32 Å². The van der Waals surface area contributed by atoms with Crippen molar-refractivity contribution in [2.45, 2.75) is 11.4 Å². The van der Waals surface area contributed by atoms with Crippen molar-refractivity contribution < 1.29 is 13.2 Å². The Balaban J connectivity index is 1.89. The van der Waals surface area contributed by atoms with Gasteiger partial charge in [-0.3, -0.25) is 9.10 Å². The molecular formula is C23H19ClN2O3S. The highest BCUT2D eigenvalue weighted by Crippen LogP contribution is 2.40. The summed E-state index contributed by atoms with van der Waals surface area (Å²) in [6.45, 7) is 0.279. The van der Waals surface area contributed by atoms with Crippen molar-refractivity contribution in [1.29, 1.82) is 0 Å². The normalized spacial score (nSPS) is 14.9. The quantitative estimate of drug-likeness (QED) is 0.668. The highest BCUT2D eigenvalue weighted by molar-refractivity contribution is 7.89. The molecule has 3 aromatic rings. The predicted octanol–water partition coefficient (Wildman–Crippen LogP) is 4.05. The van der Waals surface area contributed by atoms with E-state index in [1.54, 1.807) is 6.07 Å². The molecule has 1 aliphatic rings. The van der Waals surface area contributed by atoms with Gasteiger partial charge in [0.05, 0.1) is 4.90 Å². The molecule has 152 valence electrons. The van der Waals surface area contributed by atoms with E-state index in [1.165, 1.54) is 19.2 Å². The molecule has 30 heavy (non-hydrogen) atoms. The lowest BCUT2D eigenvalue weighted by molar-refractivity contribution is -0.118. The Bertz CT molecular complexity index is 1240. The summed E-state index contributed by atoms with van der Waals surface area (Å²) in [6, 6.07) is 23.3. The number of carbonyl (C=O) groups is 1. The maximum Gasteiger partial charge on any atom is 0.269 e. The van der Waals surface area contributed by atoms with Gasteiger partial charge >= 0.3 is 0 Å². The lowest BCUT2D eigenvalue weighted by atomic mass is 9.95. The number of hydrogen-bond acceptors (Lipinski definition) is 3. The Morgan fingerprint density at radius 2 is 1.60 bits per heavy atom. The third kappa shape index (κ3) is 3.60. The van der Waals surface area contributed by atoms with Crippen molar-refractivity contribution >= 4 is 33.1 Å². The fourth-order valence-electron chi connectivity index (χ4n) is 3.49. The first-order chi connectivity index (χ1) is 14.4. The standard InChI is InChI=1S/C23H19ClN2O3S/c1-26-22(23(27)25-15-16-8-4-2-5-9-16)21(17-10-6-3-7-11-17)19-14-18(24)12-13-20(19)30(26,28)29/h2-14H,15H2,1H3,(H,25,27). The minimum absolute atomic E-state index is 0.0619. The largest absolute Gasteiger partial charge is 0.347 e. The third-order valence-corrected chi connectivity index (χ3v) is 7.03. The Morgan fingerprint density at radius 1 is 0.967 bits per heavy atom. The SMILES string of the molecule is CN1C(C(=O)NCc2ccccc2)=C(c2ccccc2)c2cc(Cl)ccc2S1(=O)=O. The zero-order valence-electron chi connectivity index (χ0n) is 16.2. The van der Waals surface area contributed by atoms with Crippen molar-refractivity contribution in [3.63, 3.8) is 0 Å². The molecule has 0 atom stereocenters. The molecule has 7 heteroatoms. The van der Waals surface area contributed by atoms with E-state index in [9.17, 15) is 13.2 Å². The molecule has 0 spiro atoms. The molecule has 0 unspecified atom stereocenters. The molecule has 1 N–H and O–H groups in total. The maximum absolute atomic E-state index is 13.2. The summed E-state index contributed by atoms with van der Waals surface area (Å²) in [4.78, 5) is 13.4. The van der Waals surface area contributed by atoms with Gasteiger partial charge in [-0.1, -0.05) is 72.3 Å². The highest BCUT2D eigenvalue weighted by Gasteiger charge is 2.38. The van der Waals surface area contributed by atoms with Crippen LogP contribution in [0.25, 0.3) is 5.57 Å². The number of amides is 1. The molecule has 0 saturated heterocycles. The van der Waals surface area contributed by atoms with E-state index in [0.717, 1.165) is 15.4 Å². The fraction of sp³-hybridized carbons (Fsp3) is 0.0870. The number of fused-ring (bicyclic) bond motifs is 1. The van der Waals surface area contributed by atoms with Gasteiger partial charge < -0.3 is 5.32 Å². The number of hydrogen-bond donors (Lipinski definition) is 1. The van der Waals surface area contributed by atoms with Crippen LogP contribution in [0.5, 0.6) is 0 Å². The molecule has 1 amide bonds. The van der Waals surface area contributed by atoms with Crippen LogP contribution >= 0.6 is 11.6 Å². The van der Waals surface area contributed by atoms with Crippen molar-refractivity contribution in [2.24, 2.45) is 0 Å². The van der Waals surface area contributed by atoms with Gasteiger partial charge in [-0.2, -0.15) is 0 Å². The number of nitrogens with zero attached hydrogens (tertiary/aromatic N) is 1. The molecule has 4 rings (SSSR count). The summed E-state index contributed by atoms with van der Waals surface area (Å²) in [5.41, 5.74) is 2.64. The number of sulfonamides is 1. The topological polar surface area (TPSA) is 66.5 Å². The number of halogens is 1. The molecule has 0 saturated carbocycles. The molecule has 1 heterocycles. The molecular weight excluding hydrogens is 420 g/mol. The Kier molecular flexibility index (Phi) is 5.37. The zero-order valence-corrected chi connectivity index (χ0v) is 17.7. The summed E-state index contributed by atoms with van der Waals surface area (Å²) >= 11 is 6.20. The van der Waals surface area contributed by atoms with Crippen molar-refractivity contribution in [2.75, 3.05) is 7.05 Å². The van der Waals surface area contributed by atoms with Gasteiger partial charge in [-0.15, -0.1) is 0 Å². The molecule has 3 aromatic carbocycles.